The van der Waals surface area contributed by atoms with Gasteiger partial charge in [-0.15, -0.1) is 0 Å². The molecule has 0 unspecified atom stereocenters. The quantitative estimate of drug-likeness (QED) is 0.406. The van der Waals surface area contributed by atoms with E-state index in [2.05, 4.69) is 121 Å². The molecule has 128 valence electrons. The van der Waals surface area contributed by atoms with E-state index in [0.29, 0.717) is 0 Å². The second-order valence-corrected chi connectivity index (χ2v) is 6.82. The van der Waals surface area contributed by atoms with Crippen molar-refractivity contribution in [2.24, 2.45) is 0 Å². The SMILES string of the molecule is Bc1ccc2c(c1)N(c1ccccc1)c1ccccc1N2c1ccccc1. The van der Waals surface area contributed by atoms with Crippen LogP contribution in [-0.2, 0) is 0 Å². The fraction of sp³-hybridized carbons (Fsp3) is 0. The summed E-state index contributed by atoms with van der Waals surface area (Å²) in [4.78, 5) is 4.71. The molecule has 1 aliphatic heterocycles. The summed E-state index contributed by atoms with van der Waals surface area (Å²) < 4.78 is 0. The number of hydrogen-bond donors (Lipinski definition) is 0. The maximum absolute atomic E-state index is 2.36. The molecule has 0 saturated carbocycles. The van der Waals surface area contributed by atoms with E-state index in [9.17, 15) is 0 Å². The Morgan fingerprint density at radius 1 is 0.444 bits per heavy atom. The molecule has 4 aromatic carbocycles. The summed E-state index contributed by atoms with van der Waals surface area (Å²) in [5.74, 6) is 0. The van der Waals surface area contributed by atoms with Crippen molar-refractivity contribution in [1.29, 1.82) is 0 Å². The zero-order chi connectivity index (χ0) is 18.2. The van der Waals surface area contributed by atoms with Crippen LogP contribution in [0.4, 0.5) is 34.1 Å². The minimum Gasteiger partial charge on any atom is -0.306 e. The predicted molar refractivity (Wildman–Crippen MR) is 118 cm³/mol. The largest absolute Gasteiger partial charge is 0.306 e. The third-order valence-corrected chi connectivity index (χ3v) is 5.01. The molecule has 0 radical (unpaired) electrons. The average Bonchev–Trinajstić information content (AvgIpc) is 2.73. The van der Waals surface area contributed by atoms with Crippen LogP contribution in [0.2, 0.25) is 0 Å². The molecule has 0 aromatic heterocycles. The molecule has 0 atom stereocenters. The maximum atomic E-state index is 2.36. The van der Waals surface area contributed by atoms with Gasteiger partial charge in [0.25, 0.3) is 0 Å². The first-order valence-electron chi connectivity index (χ1n) is 9.23. The molecule has 0 spiro atoms. The zero-order valence-electron chi connectivity index (χ0n) is 15.2. The number of fused-ring (bicyclic) bond motifs is 2. The van der Waals surface area contributed by atoms with E-state index in [1.807, 2.05) is 0 Å². The molecule has 0 saturated heterocycles. The van der Waals surface area contributed by atoms with Gasteiger partial charge in [0.1, 0.15) is 7.85 Å². The van der Waals surface area contributed by atoms with Crippen molar-refractivity contribution in [3.8, 4) is 0 Å². The molecule has 0 fully saturated rings. The summed E-state index contributed by atoms with van der Waals surface area (Å²) in [7, 11) is 2.15. The van der Waals surface area contributed by atoms with Crippen LogP contribution in [0.5, 0.6) is 0 Å². The lowest BCUT2D eigenvalue weighted by Gasteiger charge is -2.40. The highest BCUT2D eigenvalue weighted by molar-refractivity contribution is 6.33. The first kappa shape index (κ1) is 15.8. The molecule has 1 heterocycles. The lowest BCUT2D eigenvalue weighted by molar-refractivity contribution is 1.17. The topological polar surface area (TPSA) is 6.48 Å². The standard InChI is InChI=1S/C24H19BN2/c25-18-15-16-23-24(17-18)27(20-11-5-2-6-12-20)22-14-8-7-13-21(22)26(23)19-9-3-1-4-10-19/h1-17H,25H2. The van der Waals surface area contributed by atoms with Crippen molar-refractivity contribution in [2.75, 3.05) is 9.80 Å². The van der Waals surface area contributed by atoms with Crippen molar-refractivity contribution < 1.29 is 0 Å². The molecule has 0 aliphatic carbocycles. The van der Waals surface area contributed by atoms with E-state index in [0.717, 1.165) is 0 Å². The number of hydrogen-bond acceptors (Lipinski definition) is 2. The van der Waals surface area contributed by atoms with Crippen molar-refractivity contribution in [1.82, 2.24) is 0 Å². The van der Waals surface area contributed by atoms with E-state index in [4.69, 9.17) is 0 Å². The van der Waals surface area contributed by atoms with Gasteiger partial charge in [0.15, 0.2) is 0 Å². The average molecular weight is 346 g/mol. The van der Waals surface area contributed by atoms with Crippen molar-refractivity contribution in [2.45, 2.75) is 0 Å². The summed E-state index contributed by atoms with van der Waals surface area (Å²) in [5, 5.41) is 0. The van der Waals surface area contributed by atoms with Gasteiger partial charge in [-0.2, -0.15) is 0 Å². The van der Waals surface area contributed by atoms with Gasteiger partial charge >= 0.3 is 0 Å². The summed E-state index contributed by atoms with van der Waals surface area (Å²) in [6.07, 6.45) is 0. The van der Waals surface area contributed by atoms with Crippen LogP contribution in [0, 0.1) is 0 Å². The first-order valence-corrected chi connectivity index (χ1v) is 9.23. The molecule has 0 amide bonds. The van der Waals surface area contributed by atoms with Gasteiger partial charge in [0, 0.05) is 11.4 Å². The molecule has 0 N–H and O–H groups in total. The molecule has 4 aromatic rings. The van der Waals surface area contributed by atoms with Crippen molar-refractivity contribution >= 4 is 47.4 Å². The highest BCUT2D eigenvalue weighted by atomic mass is 15.3. The Balaban J connectivity index is 1.82. The van der Waals surface area contributed by atoms with Crippen LogP contribution >= 0.6 is 0 Å². The van der Waals surface area contributed by atoms with Gasteiger partial charge in [0.05, 0.1) is 22.7 Å². The Kier molecular flexibility index (Phi) is 3.72. The van der Waals surface area contributed by atoms with Gasteiger partial charge in [-0.3, -0.25) is 0 Å². The second-order valence-electron chi connectivity index (χ2n) is 6.82. The third kappa shape index (κ3) is 2.60. The maximum Gasteiger partial charge on any atom is 0.139 e. The van der Waals surface area contributed by atoms with Crippen LogP contribution in [0.15, 0.2) is 103 Å². The first-order chi connectivity index (χ1) is 13.3. The molecule has 27 heavy (non-hydrogen) atoms. The summed E-state index contributed by atoms with van der Waals surface area (Å²) in [6, 6.07) is 36.5. The number of benzene rings is 4. The third-order valence-electron chi connectivity index (χ3n) is 5.01. The van der Waals surface area contributed by atoms with E-state index in [1.54, 1.807) is 0 Å². The highest BCUT2D eigenvalue weighted by Gasteiger charge is 2.29. The van der Waals surface area contributed by atoms with Crippen LogP contribution in [0.25, 0.3) is 0 Å². The summed E-state index contributed by atoms with van der Waals surface area (Å²) in [6.45, 7) is 0. The predicted octanol–water partition coefficient (Wildman–Crippen LogP) is 5.20. The summed E-state index contributed by atoms with van der Waals surface area (Å²) >= 11 is 0. The highest BCUT2D eigenvalue weighted by Crippen LogP contribution is 2.53. The van der Waals surface area contributed by atoms with E-state index in [-0.39, 0.29) is 0 Å². The van der Waals surface area contributed by atoms with Crippen LogP contribution in [0.3, 0.4) is 0 Å². The fourth-order valence-electron chi connectivity index (χ4n) is 3.81. The normalized spacial score (nSPS) is 12.4. The molecule has 2 nitrogen and oxygen atoms in total. The van der Waals surface area contributed by atoms with Crippen LogP contribution < -0.4 is 15.3 Å². The van der Waals surface area contributed by atoms with Gasteiger partial charge in [-0.05, 0) is 48.5 Å². The lowest BCUT2D eigenvalue weighted by atomic mass is 9.93. The smallest absolute Gasteiger partial charge is 0.139 e. The molecule has 1 aliphatic rings. The monoisotopic (exact) mass is 346 g/mol. The molecular formula is C24H19BN2. The second kappa shape index (κ2) is 6.37. The lowest BCUT2D eigenvalue weighted by Crippen LogP contribution is -2.25. The van der Waals surface area contributed by atoms with E-state index >= 15 is 0 Å². The molecule has 0 bridgehead atoms. The Morgan fingerprint density at radius 3 is 1.44 bits per heavy atom. The van der Waals surface area contributed by atoms with E-state index in [1.165, 1.54) is 39.6 Å². The van der Waals surface area contributed by atoms with Crippen molar-refractivity contribution in [3.05, 3.63) is 103 Å². The number of nitrogens with zero attached hydrogens (tertiary/aromatic N) is 2. The van der Waals surface area contributed by atoms with Gasteiger partial charge in [-0.25, -0.2) is 0 Å². The van der Waals surface area contributed by atoms with Gasteiger partial charge in [0.2, 0.25) is 0 Å². The minimum absolute atomic E-state index is 1.17. The Hall–Kier alpha value is -3.46. The Morgan fingerprint density at radius 2 is 0.889 bits per heavy atom. The minimum atomic E-state index is 1.17. The summed E-state index contributed by atoms with van der Waals surface area (Å²) in [5.41, 5.74) is 8.35. The number of rotatable bonds is 2. The van der Waals surface area contributed by atoms with Crippen LogP contribution in [-0.4, -0.2) is 7.85 Å². The van der Waals surface area contributed by atoms with Gasteiger partial charge < -0.3 is 9.80 Å². The zero-order valence-corrected chi connectivity index (χ0v) is 15.2. The molecule has 3 heteroatoms. The van der Waals surface area contributed by atoms with Gasteiger partial charge in [-0.1, -0.05) is 60.1 Å². The van der Waals surface area contributed by atoms with Crippen LogP contribution in [0.1, 0.15) is 0 Å². The number of anilines is 6. The van der Waals surface area contributed by atoms with E-state index < -0.39 is 0 Å². The number of para-hydroxylation sites is 4. The molecule has 5 rings (SSSR count). The molecular weight excluding hydrogens is 327 g/mol. The van der Waals surface area contributed by atoms with Crippen molar-refractivity contribution in [3.63, 3.8) is 0 Å². The Labute approximate surface area is 160 Å². The Bertz CT molecular complexity index is 1090. The fourth-order valence-corrected chi connectivity index (χ4v) is 3.81.